The van der Waals surface area contributed by atoms with Crippen LogP contribution in [0.15, 0.2) is 58.6 Å². The standard InChI is InChI=1S/C21H23ClN4O4S2/c1-25-20(14-30-18-7-5-17(22)6-8-18)23-24-21(25)31-15-16-3-2-4-19(13-16)32(27,28)26-9-11-29-12-10-26/h2-8,13H,9-12,14-15H2,1H3. The molecule has 11 heteroatoms. The topological polar surface area (TPSA) is 86.5 Å². The van der Waals surface area contributed by atoms with Gasteiger partial charge in [-0.05, 0) is 42.0 Å². The fraction of sp³-hybridized carbons (Fsp3) is 0.333. The van der Waals surface area contributed by atoms with Crippen molar-refractivity contribution in [2.24, 2.45) is 7.05 Å². The molecule has 1 fully saturated rings. The summed E-state index contributed by atoms with van der Waals surface area (Å²) in [7, 11) is -1.64. The molecule has 8 nitrogen and oxygen atoms in total. The molecule has 0 spiro atoms. The number of nitrogens with zero attached hydrogens (tertiary/aromatic N) is 4. The molecule has 32 heavy (non-hydrogen) atoms. The number of hydrogen-bond donors (Lipinski definition) is 0. The number of ether oxygens (including phenoxy) is 2. The Morgan fingerprint density at radius 3 is 2.62 bits per heavy atom. The van der Waals surface area contributed by atoms with E-state index in [0.29, 0.717) is 53.5 Å². The van der Waals surface area contributed by atoms with E-state index in [1.165, 1.54) is 16.1 Å². The number of aromatic nitrogens is 3. The zero-order valence-electron chi connectivity index (χ0n) is 17.5. The van der Waals surface area contributed by atoms with Crippen molar-refractivity contribution < 1.29 is 17.9 Å². The van der Waals surface area contributed by atoms with Gasteiger partial charge in [0.1, 0.15) is 12.4 Å². The lowest BCUT2D eigenvalue weighted by Crippen LogP contribution is -2.40. The van der Waals surface area contributed by atoms with Crippen LogP contribution in [-0.2, 0) is 34.2 Å². The van der Waals surface area contributed by atoms with E-state index in [1.807, 2.05) is 17.7 Å². The highest BCUT2D eigenvalue weighted by Gasteiger charge is 2.26. The van der Waals surface area contributed by atoms with Crippen LogP contribution in [0.1, 0.15) is 11.4 Å². The maximum absolute atomic E-state index is 12.9. The van der Waals surface area contributed by atoms with Crippen molar-refractivity contribution in [2.45, 2.75) is 22.4 Å². The lowest BCUT2D eigenvalue weighted by atomic mass is 10.2. The first kappa shape index (κ1) is 23.1. The molecule has 0 bridgehead atoms. The lowest BCUT2D eigenvalue weighted by molar-refractivity contribution is 0.0730. The van der Waals surface area contributed by atoms with E-state index in [0.717, 1.165) is 10.7 Å². The molecule has 0 saturated carbocycles. The molecule has 1 saturated heterocycles. The van der Waals surface area contributed by atoms with Crippen LogP contribution in [0.25, 0.3) is 0 Å². The van der Waals surface area contributed by atoms with Crippen molar-refractivity contribution in [3.8, 4) is 5.75 Å². The molecule has 0 N–H and O–H groups in total. The monoisotopic (exact) mass is 494 g/mol. The minimum absolute atomic E-state index is 0.277. The van der Waals surface area contributed by atoms with Crippen LogP contribution in [-0.4, -0.2) is 53.8 Å². The molecule has 0 atom stereocenters. The van der Waals surface area contributed by atoms with E-state index in [1.54, 1.807) is 42.5 Å². The van der Waals surface area contributed by atoms with Crippen molar-refractivity contribution in [3.05, 3.63) is 64.9 Å². The van der Waals surface area contributed by atoms with Crippen LogP contribution in [0.5, 0.6) is 5.75 Å². The second kappa shape index (κ2) is 10.2. The SMILES string of the molecule is Cn1c(COc2ccc(Cl)cc2)nnc1SCc1cccc(S(=O)(=O)N2CCOCC2)c1. The first-order chi connectivity index (χ1) is 15.4. The van der Waals surface area contributed by atoms with Crippen LogP contribution < -0.4 is 4.74 Å². The maximum atomic E-state index is 12.9. The Morgan fingerprint density at radius 1 is 1.12 bits per heavy atom. The molecule has 1 aliphatic rings. The van der Waals surface area contributed by atoms with E-state index in [-0.39, 0.29) is 6.61 Å². The Kier molecular flexibility index (Phi) is 7.37. The third kappa shape index (κ3) is 5.44. The van der Waals surface area contributed by atoms with Crippen LogP contribution in [0.3, 0.4) is 0 Å². The van der Waals surface area contributed by atoms with E-state index >= 15 is 0 Å². The number of sulfonamides is 1. The minimum Gasteiger partial charge on any atom is -0.486 e. The van der Waals surface area contributed by atoms with Gasteiger partial charge in [-0.2, -0.15) is 4.31 Å². The average Bonchev–Trinajstić information content (AvgIpc) is 3.17. The van der Waals surface area contributed by atoms with Crippen LogP contribution in [0.4, 0.5) is 0 Å². The summed E-state index contributed by atoms with van der Waals surface area (Å²) < 4.78 is 40.1. The van der Waals surface area contributed by atoms with E-state index in [9.17, 15) is 8.42 Å². The quantitative estimate of drug-likeness (QED) is 0.444. The second-order valence-corrected chi connectivity index (χ2v) is 10.5. The molecule has 0 aliphatic carbocycles. The number of hydrogen-bond acceptors (Lipinski definition) is 7. The van der Waals surface area contributed by atoms with Gasteiger partial charge in [0.2, 0.25) is 10.0 Å². The van der Waals surface area contributed by atoms with Crippen LogP contribution >= 0.6 is 23.4 Å². The molecule has 0 unspecified atom stereocenters. The Labute approximate surface area is 196 Å². The predicted octanol–water partition coefficient (Wildman–Crippen LogP) is 3.36. The van der Waals surface area contributed by atoms with Gasteiger partial charge in [0, 0.05) is 30.9 Å². The van der Waals surface area contributed by atoms with Gasteiger partial charge in [0.15, 0.2) is 11.0 Å². The van der Waals surface area contributed by atoms with Crippen molar-refractivity contribution in [1.82, 2.24) is 19.1 Å². The fourth-order valence-corrected chi connectivity index (χ4v) is 5.63. The molecule has 0 radical (unpaired) electrons. The van der Waals surface area contributed by atoms with E-state index in [4.69, 9.17) is 21.1 Å². The molecule has 2 heterocycles. The van der Waals surface area contributed by atoms with Crippen LogP contribution in [0, 0.1) is 0 Å². The van der Waals surface area contributed by atoms with Gasteiger partial charge in [0.05, 0.1) is 18.1 Å². The van der Waals surface area contributed by atoms with Gasteiger partial charge in [-0.1, -0.05) is 35.5 Å². The number of rotatable bonds is 8. The zero-order valence-corrected chi connectivity index (χ0v) is 19.9. The largest absolute Gasteiger partial charge is 0.486 e. The smallest absolute Gasteiger partial charge is 0.243 e. The minimum atomic E-state index is -3.52. The average molecular weight is 495 g/mol. The Hall–Kier alpha value is -2.11. The first-order valence-electron chi connectivity index (χ1n) is 10.00. The molecule has 1 aliphatic heterocycles. The first-order valence-corrected chi connectivity index (χ1v) is 12.8. The van der Waals surface area contributed by atoms with E-state index in [2.05, 4.69) is 10.2 Å². The Balaban J connectivity index is 1.38. The van der Waals surface area contributed by atoms with Gasteiger partial charge in [-0.15, -0.1) is 10.2 Å². The van der Waals surface area contributed by atoms with Crippen molar-refractivity contribution in [2.75, 3.05) is 26.3 Å². The molecule has 3 aromatic rings. The number of morpholine rings is 1. The van der Waals surface area contributed by atoms with Gasteiger partial charge in [0.25, 0.3) is 0 Å². The summed E-state index contributed by atoms with van der Waals surface area (Å²) in [5.74, 6) is 1.95. The Bertz CT molecular complexity index is 1160. The third-order valence-corrected chi connectivity index (χ3v) is 8.22. The lowest BCUT2D eigenvalue weighted by Gasteiger charge is -2.26. The fourth-order valence-electron chi connectivity index (χ4n) is 3.15. The highest BCUT2D eigenvalue weighted by Crippen LogP contribution is 2.25. The molecule has 4 rings (SSSR count). The third-order valence-electron chi connectivity index (χ3n) is 4.98. The number of halogens is 1. The van der Waals surface area contributed by atoms with E-state index < -0.39 is 10.0 Å². The summed E-state index contributed by atoms with van der Waals surface area (Å²) in [5.41, 5.74) is 0.895. The molecule has 0 amide bonds. The molecular weight excluding hydrogens is 472 g/mol. The number of benzene rings is 2. The molecule has 170 valence electrons. The highest BCUT2D eigenvalue weighted by molar-refractivity contribution is 7.98. The summed E-state index contributed by atoms with van der Waals surface area (Å²) in [4.78, 5) is 0.299. The van der Waals surface area contributed by atoms with Gasteiger partial charge < -0.3 is 14.0 Å². The summed E-state index contributed by atoms with van der Waals surface area (Å²) in [5, 5.41) is 9.81. The summed E-state index contributed by atoms with van der Waals surface area (Å²) in [6.07, 6.45) is 0. The second-order valence-electron chi connectivity index (χ2n) is 7.15. The van der Waals surface area contributed by atoms with Crippen LogP contribution in [0.2, 0.25) is 5.02 Å². The number of thioether (sulfide) groups is 1. The van der Waals surface area contributed by atoms with Crippen molar-refractivity contribution in [1.29, 1.82) is 0 Å². The van der Waals surface area contributed by atoms with Gasteiger partial charge in [-0.25, -0.2) is 8.42 Å². The van der Waals surface area contributed by atoms with Crippen molar-refractivity contribution in [3.63, 3.8) is 0 Å². The van der Waals surface area contributed by atoms with Crippen molar-refractivity contribution >= 4 is 33.4 Å². The summed E-state index contributed by atoms with van der Waals surface area (Å²) >= 11 is 7.38. The Morgan fingerprint density at radius 2 is 1.88 bits per heavy atom. The van der Waals surface area contributed by atoms with Gasteiger partial charge >= 0.3 is 0 Å². The normalized spacial score (nSPS) is 15.1. The molecule has 2 aromatic carbocycles. The summed E-state index contributed by atoms with van der Waals surface area (Å²) in [6, 6.07) is 14.2. The molecule has 1 aromatic heterocycles. The summed E-state index contributed by atoms with van der Waals surface area (Å²) in [6.45, 7) is 1.87. The highest BCUT2D eigenvalue weighted by atomic mass is 35.5. The predicted molar refractivity (Wildman–Crippen MR) is 122 cm³/mol. The maximum Gasteiger partial charge on any atom is 0.243 e. The van der Waals surface area contributed by atoms with Gasteiger partial charge in [-0.3, -0.25) is 0 Å². The zero-order chi connectivity index (χ0) is 22.6. The molecular formula is C21H23ClN4O4S2.